The molecule has 2 N–H and O–H groups in total. The van der Waals surface area contributed by atoms with Crippen molar-refractivity contribution in [2.45, 2.75) is 19.4 Å². The van der Waals surface area contributed by atoms with Gasteiger partial charge in [-0.05, 0) is 30.2 Å². The van der Waals surface area contributed by atoms with Crippen LogP contribution in [0, 0.1) is 11.3 Å². The number of allylic oxidation sites excluding steroid dienone is 2. The van der Waals surface area contributed by atoms with Crippen LogP contribution in [0.3, 0.4) is 0 Å². The number of carbonyl (C=O) groups excluding carboxylic acids is 2. The Bertz CT molecular complexity index is 1160. The lowest BCUT2D eigenvalue weighted by Gasteiger charge is -2.29. The molecule has 2 aromatic rings. The molecule has 1 heterocycles. The van der Waals surface area contributed by atoms with E-state index in [4.69, 9.17) is 21.1 Å². The van der Waals surface area contributed by atoms with Gasteiger partial charge in [-0.1, -0.05) is 65.8 Å². The molecule has 0 saturated carbocycles. The number of halogens is 1. The van der Waals surface area contributed by atoms with Gasteiger partial charge in [-0.2, -0.15) is 5.26 Å². The van der Waals surface area contributed by atoms with Gasteiger partial charge in [0.1, 0.15) is 6.61 Å². The van der Waals surface area contributed by atoms with Crippen molar-refractivity contribution in [3.8, 4) is 6.07 Å². The lowest BCUT2D eigenvalue weighted by Crippen LogP contribution is -2.30. The van der Waals surface area contributed by atoms with Crippen molar-refractivity contribution in [2.24, 2.45) is 0 Å². The summed E-state index contributed by atoms with van der Waals surface area (Å²) >= 11 is 7.28. The number of nitrogens with zero attached hydrogens (tertiary/aromatic N) is 1. The van der Waals surface area contributed by atoms with E-state index in [-0.39, 0.29) is 24.9 Å². The fourth-order valence-corrected chi connectivity index (χ4v) is 4.61. The fourth-order valence-electron chi connectivity index (χ4n) is 3.57. The minimum absolute atomic E-state index is 0.0915. The van der Waals surface area contributed by atoms with Crippen molar-refractivity contribution in [2.75, 3.05) is 26.1 Å². The second kappa shape index (κ2) is 13.0. The number of ether oxygens (including phenoxy) is 2. The SMILES string of the molecule is COCCOC(=O)C1=C(C)NC(SCC(=O)NCc2ccccc2)=C(C#N)C1c1ccc(Cl)cc1. The number of nitriles is 1. The summed E-state index contributed by atoms with van der Waals surface area (Å²) < 4.78 is 10.3. The monoisotopic (exact) mass is 511 g/mol. The van der Waals surface area contributed by atoms with Crippen LogP contribution in [0.5, 0.6) is 0 Å². The summed E-state index contributed by atoms with van der Waals surface area (Å²) in [6.07, 6.45) is 0. The number of carbonyl (C=O) groups is 2. The van der Waals surface area contributed by atoms with Gasteiger partial charge in [0.25, 0.3) is 0 Å². The number of amides is 1. The molecule has 1 aliphatic rings. The molecular weight excluding hydrogens is 486 g/mol. The Morgan fingerprint density at radius 3 is 2.51 bits per heavy atom. The van der Waals surface area contributed by atoms with Gasteiger partial charge >= 0.3 is 5.97 Å². The van der Waals surface area contributed by atoms with Crippen molar-refractivity contribution >= 4 is 35.2 Å². The quantitative estimate of drug-likeness (QED) is 0.363. The maximum atomic E-state index is 13.0. The maximum Gasteiger partial charge on any atom is 0.336 e. The number of hydrogen-bond donors (Lipinski definition) is 2. The number of nitrogens with one attached hydrogen (secondary N) is 2. The van der Waals surface area contributed by atoms with E-state index in [1.807, 2.05) is 30.3 Å². The largest absolute Gasteiger partial charge is 0.460 e. The van der Waals surface area contributed by atoms with E-state index in [9.17, 15) is 14.9 Å². The summed E-state index contributed by atoms with van der Waals surface area (Å²) in [6.45, 7) is 2.52. The van der Waals surface area contributed by atoms with Crippen LogP contribution in [0.1, 0.15) is 24.0 Å². The van der Waals surface area contributed by atoms with Crippen LogP contribution in [0.25, 0.3) is 0 Å². The lowest BCUT2D eigenvalue weighted by molar-refractivity contribution is -0.140. The summed E-state index contributed by atoms with van der Waals surface area (Å²) in [5.74, 6) is -1.26. The highest BCUT2D eigenvalue weighted by Gasteiger charge is 2.35. The van der Waals surface area contributed by atoms with Crippen LogP contribution in [0.15, 0.2) is 76.5 Å². The Labute approximate surface area is 214 Å². The lowest BCUT2D eigenvalue weighted by atomic mass is 9.82. The highest BCUT2D eigenvalue weighted by Crippen LogP contribution is 2.41. The molecule has 0 aliphatic carbocycles. The summed E-state index contributed by atoms with van der Waals surface area (Å²) in [6, 6.07) is 18.8. The molecule has 7 nitrogen and oxygen atoms in total. The minimum Gasteiger partial charge on any atom is -0.460 e. The predicted molar refractivity (Wildman–Crippen MR) is 136 cm³/mol. The molecule has 0 radical (unpaired) electrons. The highest BCUT2D eigenvalue weighted by atomic mass is 35.5. The Hall–Kier alpha value is -3.25. The molecule has 0 saturated heterocycles. The Morgan fingerprint density at radius 1 is 1.14 bits per heavy atom. The van der Waals surface area contributed by atoms with Gasteiger partial charge in [0.2, 0.25) is 5.91 Å². The van der Waals surface area contributed by atoms with E-state index in [0.717, 1.165) is 11.1 Å². The summed E-state index contributed by atoms with van der Waals surface area (Å²) in [5, 5.41) is 17.2. The van der Waals surface area contributed by atoms with Gasteiger partial charge in [-0.3, -0.25) is 4.79 Å². The van der Waals surface area contributed by atoms with Crippen molar-refractivity contribution in [3.05, 3.63) is 92.6 Å². The Balaban J connectivity index is 1.82. The average molecular weight is 512 g/mol. The zero-order valence-electron chi connectivity index (χ0n) is 19.5. The van der Waals surface area contributed by atoms with Crippen molar-refractivity contribution in [1.82, 2.24) is 10.6 Å². The van der Waals surface area contributed by atoms with Gasteiger partial charge in [0, 0.05) is 24.4 Å². The zero-order valence-corrected chi connectivity index (χ0v) is 21.0. The first-order chi connectivity index (χ1) is 16.9. The first kappa shape index (κ1) is 26.4. The second-order valence-corrected chi connectivity index (χ2v) is 9.10. The number of benzene rings is 2. The number of thioether (sulfide) groups is 1. The molecule has 2 aromatic carbocycles. The summed E-state index contributed by atoms with van der Waals surface area (Å²) in [4.78, 5) is 25.4. The Morgan fingerprint density at radius 2 is 1.86 bits per heavy atom. The molecular formula is C26H26ClN3O4S. The third-order valence-electron chi connectivity index (χ3n) is 5.27. The fraction of sp³-hybridized carbons (Fsp3) is 0.269. The number of rotatable bonds is 10. The molecule has 0 aromatic heterocycles. The maximum absolute atomic E-state index is 13.0. The molecule has 35 heavy (non-hydrogen) atoms. The number of esters is 1. The van der Waals surface area contributed by atoms with Gasteiger partial charge in [0.05, 0.1) is 40.5 Å². The molecule has 9 heteroatoms. The first-order valence-electron chi connectivity index (χ1n) is 10.9. The molecule has 182 valence electrons. The second-order valence-electron chi connectivity index (χ2n) is 7.68. The third kappa shape index (κ3) is 7.12. The minimum atomic E-state index is -0.663. The topological polar surface area (TPSA) is 100 Å². The zero-order chi connectivity index (χ0) is 25.2. The van der Waals surface area contributed by atoms with E-state index >= 15 is 0 Å². The summed E-state index contributed by atoms with van der Waals surface area (Å²) in [5.41, 5.74) is 2.93. The van der Waals surface area contributed by atoms with Crippen LogP contribution in [0.2, 0.25) is 5.02 Å². The molecule has 1 unspecified atom stereocenters. The van der Waals surface area contributed by atoms with Crippen LogP contribution in [-0.2, 0) is 25.6 Å². The van der Waals surface area contributed by atoms with Crippen LogP contribution >= 0.6 is 23.4 Å². The summed E-state index contributed by atoms with van der Waals surface area (Å²) in [7, 11) is 1.52. The number of dihydropyridines is 1. The van der Waals surface area contributed by atoms with Gasteiger partial charge in [-0.25, -0.2) is 4.79 Å². The molecule has 0 bridgehead atoms. The van der Waals surface area contributed by atoms with Crippen molar-refractivity contribution in [1.29, 1.82) is 5.26 Å². The van der Waals surface area contributed by atoms with E-state index < -0.39 is 11.9 Å². The van der Waals surface area contributed by atoms with E-state index in [0.29, 0.717) is 33.4 Å². The standard InChI is InChI=1S/C26H26ClN3O4S/c1-17-23(26(32)34-13-12-33-2)24(19-8-10-20(27)11-9-19)21(14-28)25(30-17)35-16-22(31)29-15-18-6-4-3-5-7-18/h3-11,24,30H,12-13,15-16H2,1-2H3,(H,29,31). The van der Waals surface area contributed by atoms with Crippen molar-refractivity contribution < 1.29 is 19.1 Å². The highest BCUT2D eigenvalue weighted by molar-refractivity contribution is 8.03. The Kier molecular flexibility index (Phi) is 9.79. The van der Waals surface area contributed by atoms with Gasteiger partial charge in [-0.15, -0.1) is 0 Å². The van der Waals surface area contributed by atoms with E-state index in [1.54, 1.807) is 31.2 Å². The van der Waals surface area contributed by atoms with Crippen molar-refractivity contribution in [3.63, 3.8) is 0 Å². The van der Waals surface area contributed by atoms with E-state index in [1.165, 1.54) is 18.9 Å². The molecule has 1 aliphatic heterocycles. The van der Waals surface area contributed by atoms with Gasteiger partial charge in [0.15, 0.2) is 0 Å². The van der Waals surface area contributed by atoms with Gasteiger partial charge < -0.3 is 20.1 Å². The average Bonchev–Trinajstić information content (AvgIpc) is 2.87. The number of hydrogen-bond acceptors (Lipinski definition) is 7. The first-order valence-corrected chi connectivity index (χ1v) is 12.3. The van der Waals surface area contributed by atoms with Crippen LogP contribution in [-0.4, -0.2) is 38.0 Å². The normalized spacial score (nSPS) is 15.3. The van der Waals surface area contributed by atoms with Crippen LogP contribution < -0.4 is 10.6 Å². The third-order valence-corrected chi connectivity index (χ3v) is 6.54. The smallest absolute Gasteiger partial charge is 0.336 e. The predicted octanol–water partition coefficient (Wildman–Crippen LogP) is 4.28. The molecule has 0 fully saturated rings. The van der Waals surface area contributed by atoms with E-state index in [2.05, 4.69) is 16.7 Å². The molecule has 1 atom stereocenters. The van der Waals surface area contributed by atoms with Crippen LogP contribution in [0.4, 0.5) is 0 Å². The molecule has 3 rings (SSSR count). The number of methoxy groups -OCH3 is 1. The molecule has 1 amide bonds. The molecule has 0 spiro atoms.